The van der Waals surface area contributed by atoms with Crippen LogP contribution in [-0.4, -0.2) is 50.9 Å². The first-order chi connectivity index (χ1) is 19.5. The van der Waals surface area contributed by atoms with Gasteiger partial charge in [0.1, 0.15) is 18.3 Å². The van der Waals surface area contributed by atoms with Crippen LogP contribution in [0.25, 0.3) is 0 Å². The van der Waals surface area contributed by atoms with Gasteiger partial charge in [-0.1, -0.05) is 59.6 Å². The molecule has 41 heavy (non-hydrogen) atoms. The van der Waals surface area contributed by atoms with Crippen LogP contribution >= 0.6 is 15.9 Å². The molecule has 0 saturated carbocycles. The molecule has 8 nitrogen and oxygen atoms in total. The van der Waals surface area contributed by atoms with E-state index in [0.29, 0.717) is 17.9 Å². The molecule has 0 radical (unpaired) electrons. The summed E-state index contributed by atoms with van der Waals surface area (Å²) >= 11 is 3.39. The molecule has 3 aromatic rings. The predicted molar refractivity (Wildman–Crippen MR) is 165 cm³/mol. The highest BCUT2D eigenvalue weighted by Gasteiger charge is 2.34. The van der Waals surface area contributed by atoms with Crippen molar-refractivity contribution in [1.29, 1.82) is 0 Å². The second-order valence-electron chi connectivity index (χ2n) is 9.92. The van der Waals surface area contributed by atoms with Gasteiger partial charge in [0.15, 0.2) is 0 Å². The number of ether oxygens (including phenoxy) is 1. The SMILES string of the molecule is CC[C@@H](C)NC(=O)[C@H](CC)N(Cc1cccc(OC)c1)C(=O)CN(c1ccc(Br)cc1)S(=O)(=O)c1ccc(C)cc1. The zero-order valence-corrected chi connectivity index (χ0v) is 26.5. The fourth-order valence-electron chi connectivity index (χ4n) is 4.30. The molecule has 0 unspecified atom stereocenters. The van der Waals surface area contributed by atoms with Gasteiger partial charge in [0, 0.05) is 17.1 Å². The van der Waals surface area contributed by atoms with E-state index in [1.807, 2.05) is 39.8 Å². The number of anilines is 1. The summed E-state index contributed by atoms with van der Waals surface area (Å²) in [6, 6.07) is 19.6. The number of benzene rings is 3. The smallest absolute Gasteiger partial charge is 0.264 e. The molecule has 0 bridgehead atoms. The number of methoxy groups -OCH3 is 1. The number of hydrogen-bond donors (Lipinski definition) is 1. The molecule has 0 heterocycles. The third-order valence-corrected chi connectivity index (χ3v) is 9.19. The molecule has 2 atom stereocenters. The Morgan fingerprint density at radius 1 is 0.976 bits per heavy atom. The molecule has 220 valence electrons. The van der Waals surface area contributed by atoms with Crippen LogP contribution in [0.4, 0.5) is 5.69 Å². The topological polar surface area (TPSA) is 96.0 Å². The molecule has 0 aliphatic heterocycles. The zero-order valence-electron chi connectivity index (χ0n) is 24.1. The van der Waals surface area contributed by atoms with Crippen molar-refractivity contribution >= 4 is 43.5 Å². The third kappa shape index (κ3) is 8.33. The first kappa shape index (κ1) is 32.1. The third-order valence-electron chi connectivity index (χ3n) is 6.88. The number of rotatable bonds is 13. The van der Waals surface area contributed by atoms with Gasteiger partial charge in [-0.15, -0.1) is 0 Å². The minimum Gasteiger partial charge on any atom is -0.497 e. The van der Waals surface area contributed by atoms with Crippen LogP contribution in [-0.2, 0) is 26.2 Å². The highest BCUT2D eigenvalue weighted by Crippen LogP contribution is 2.27. The van der Waals surface area contributed by atoms with Gasteiger partial charge in [-0.2, -0.15) is 0 Å². The van der Waals surface area contributed by atoms with Gasteiger partial charge in [0.2, 0.25) is 11.8 Å². The summed E-state index contributed by atoms with van der Waals surface area (Å²) in [5.74, 6) is -0.169. The molecule has 0 fully saturated rings. The first-order valence-corrected chi connectivity index (χ1v) is 15.8. The largest absolute Gasteiger partial charge is 0.497 e. The number of sulfonamides is 1. The van der Waals surface area contributed by atoms with Crippen LogP contribution in [0.15, 0.2) is 82.2 Å². The van der Waals surface area contributed by atoms with Gasteiger partial charge in [0.05, 0.1) is 17.7 Å². The van der Waals surface area contributed by atoms with Crippen molar-refractivity contribution in [2.24, 2.45) is 0 Å². The van der Waals surface area contributed by atoms with Crippen molar-refractivity contribution < 1.29 is 22.7 Å². The van der Waals surface area contributed by atoms with E-state index in [2.05, 4.69) is 21.2 Å². The Kier molecular flexibility index (Phi) is 11.4. The summed E-state index contributed by atoms with van der Waals surface area (Å²) in [6.07, 6.45) is 1.08. The van der Waals surface area contributed by atoms with E-state index in [4.69, 9.17) is 4.74 Å². The summed E-state index contributed by atoms with van der Waals surface area (Å²) in [4.78, 5) is 29.1. The number of halogens is 1. The molecule has 3 aromatic carbocycles. The lowest BCUT2D eigenvalue weighted by Crippen LogP contribution is -2.53. The van der Waals surface area contributed by atoms with E-state index < -0.39 is 28.5 Å². The molecule has 10 heteroatoms. The molecule has 2 amide bonds. The maximum Gasteiger partial charge on any atom is 0.264 e. The number of hydrogen-bond acceptors (Lipinski definition) is 5. The Balaban J connectivity index is 2.06. The number of nitrogens with zero attached hydrogens (tertiary/aromatic N) is 2. The number of amides is 2. The van der Waals surface area contributed by atoms with Gasteiger partial charge < -0.3 is 15.0 Å². The molecular weight excluding hydrogens is 606 g/mol. The average molecular weight is 645 g/mol. The fraction of sp³-hybridized carbons (Fsp3) is 0.355. The Morgan fingerprint density at radius 3 is 2.22 bits per heavy atom. The maximum atomic E-state index is 14.1. The summed E-state index contributed by atoms with van der Waals surface area (Å²) in [5.41, 5.74) is 2.00. The molecule has 0 spiro atoms. The molecule has 0 aromatic heterocycles. The summed E-state index contributed by atoms with van der Waals surface area (Å²) < 4.78 is 35.1. The van der Waals surface area contributed by atoms with Crippen LogP contribution in [0.1, 0.15) is 44.7 Å². The minimum atomic E-state index is -4.12. The van der Waals surface area contributed by atoms with Crippen molar-refractivity contribution in [2.75, 3.05) is 18.0 Å². The van der Waals surface area contributed by atoms with Crippen molar-refractivity contribution in [3.8, 4) is 5.75 Å². The fourth-order valence-corrected chi connectivity index (χ4v) is 5.98. The van der Waals surface area contributed by atoms with Crippen LogP contribution in [0.5, 0.6) is 5.75 Å². The zero-order chi connectivity index (χ0) is 30.2. The van der Waals surface area contributed by atoms with Gasteiger partial charge in [-0.3, -0.25) is 13.9 Å². The minimum absolute atomic E-state index is 0.0692. The lowest BCUT2D eigenvalue weighted by molar-refractivity contribution is -0.140. The Bertz CT molecular complexity index is 1430. The molecular formula is C31H38BrN3O5S. The second kappa shape index (κ2) is 14.5. The summed E-state index contributed by atoms with van der Waals surface area (Å²) in [6.45, 7) is 7.19. The normalized spacial score (nSPS) is 12.7. The summed E-state index contributed by atoms with van der Waals surface area (Å²) in [5, 5.41) is 2.98. The molecule has 0 saturated heterocycles. The van der Waals surface area contributed by atoms with E-state index in [0.717, 1.165) is 26.3 Å². The Hall–Kier alpha value is -3.37. The van der Waals surface area contributed by atoms with Gasteiger partial charge in [0.25, 0.3) is 10.0 Å². The van der Waals surface area contributed by atoms with Gasteiger partial charge in [-0.05, 0) is 80.8 Å². The Labute approximate surface area is 251 Å². The number of aryl methyl sites for hydroxylation is 1. The van der Waals surface area contributed by atoms with Crippen molar-refractivity contribution in [3.05, 3.63) is 88.4 Å². The predicted octanol–water partition coefficient (Wildman–Crippen LogP) is 5.68. The number of carbonyl (C=O) groups is 2. The van der Waals surface area contributed by atoms with Crippen molar-refractivity contribution in [2.45, 2.75) is 64.1 Å². The van der Waals surface area contributed by atoms with Crippen LogP contribution in [0.3, 0.4) is 0 Å². The highest BCUT2D eigenvalue weighted by atomic mass is 79.9. The maximum absolute atomic E-state index is 14.1. The van der Waals surface area contributed by atoms with E-state index in [9.17, 15) is 18.0 Å². The lowest BCUT2D eigenvalue weighted by Gasteiger charge is -2.33. The molecule has 3 rings (SSSR count). The average Bonchev–Trinajstić information content (AvgIpc) is 2.96. The quantitative estimate of drug-likeness (QED) is 0.258. The van der Waals surface area contributed by atoms with Crippen molar-refractivity contribution in [1.82, 2.24) is 10.2 Å². The van der Waals surface area contributed by atoms with E-state index >= 15 is 0 Å². The van der Waals surface area contributed by atoms with Gasteiger partial charge in [-0.25, -0.2) is 8.42 Å². The number of nitrogens with one attached hydrogen (secondary N) is 1. The van der Waals surface area contributed by atoms with E-state index in [1.165, 1.54) is 17.0 Å². The van der Waals surface area contributed by atoms with E-state index in [-0.39, 0.29) is 23.4 Å². The highest BCUT2D eigenvalue weighted by molar-refractivity contribution is 9.10. The Morgan fingerprint density at radius 2 is 1.63 bits per heavy atom. The first-order valence-electron chi connectivity index (χ1n) is 13.6. The summed E-state index contributed by atoms with van der Waals surface area (Å²) in [7, 11) is -2.56. The molecule has 0 aliphatic rings. The van der Waals surface area contributed by atoms with Crippen LogP contribution in [0, 0.1) is 6.92 Å². The van der Waals surface area contributed by atoms with E-state index in [1.54, 1.807) is 55.6 Å². The van der Waals surface area contributed by atoms with Crippen LogP contribution in [0.2, 0.25) is 0 Å². The van der Waals surface area contributed by atoms with Crippen LogP contribution < -0.4 is 14.4 Å². The standard InChI is InChI=1S/C31H38BrN3O5S/c1-6-23(4)33-31(37)29(7-2)34(20-24-9-8-10-27(19-24)40-5)30(36)21-35(26-15-13-25(32)14-16-26)41(38,39)28-17-11-22(3)12-18-28/h8-19,23,29H,6-7,20-21H2,1-5H3,(H,33,37)/t23-,29+/m1/s1. The lowest BCUT2D eigenvalue weighted by atomic mass is 10.1. The molecule has 1 N–H and O–H groups in total. The molecule has 0 aliphatic carbocycles. The number of carbonyl (C=O) groups excluding carboxylic acids is 2. The monoisotopic (exact) mass is 643 g/mol. The van der Waals surface area contributed by atoms with Crippen molar-refractivity contribution in [3.63, 3.8) is 0 Å². The van der Waals surface area contributed by atoms with Gasteiger partial charge >= 0.3 is 0 Å². The second-order valence-corrected chi connectivity index (χ2v) is 12.7.